The SMILES string of the molecule is O=C(NCCCC(=O)N1CCC2CCC(C1)N2)C1CC1. The van der Waals surface area contributed by atoms with Crippen molar-refractivity contribution in [1.82, 2.24) is 15.5 Å². The van der Waals surface area contributed by atoms with Gasteiger partial charge in [-0.15, -0.1) is 0 Å². The van der Waals surface area contributed by atoms with Crippen molar-refractivity contribution in [2.75, 3.05) is 19.6 Å². The Morgan fingerprint density at radius 1 is 1.10 bits per heavy atom. The standard InChI is InChI=1S/C15H25N3O2/c19-14(2-1-8-16-15(20)11-3-4-11)18-9-7-12-5-6-13(10-18)17-12/h11-13,17H,1-10H2,(H,16,20). The summed E-state index contributed by atoms with van der Waals surface area (Å²) in [4.78, 5) is 25.7. The number of nitrogens with one attached hydrogen (secondary N) is 2. The number of amides is 2. The van der Waals surface area contributed by atoms with Gasteiger partial charge in [0.2, 0.25) is 11.8 Å². The van der Waals surface area contributed by atoms with Gasteiger partial charge in [-0.25, -0.2) is 0 Å². The molecule has 2 aliphatic heterocycles. The molecule has 2 heterocycles. The van der Waals surface area contributed by atoms with Gasteiger partial charge in [-0.1, -0.05) is 0 Å². The molecule has 1 saturated carbocycles. The van der Waals surface area contributed by atoms with E-state index in [1.807, 2.05) is 4.90 Å². The molecule has 5 nitrogen and oxygen atoms in total. The Balaban J connectivity index is 1.34. The van der Waals surface area contributed by atoms with Crippen molar-refractivity contribution < 1.29 is 9.59 Å². The summed E-state index contributed by atoms with van der Waals surface area (Å²) in [6, 6.07) is 1.12. The van der Waals surface area contributed by atoms with Crippen molar-refractivity contribution in [3.63, 3.8) is 0 Å². The van der Waals surface area contributed by atoms with Crippen LogP contribution < -0.4 is 10.6 Å². The molecule has 2 saturated heterocycles. The molecule has 3 fully saturated rings. The Kier molecular flexibility index (Phi) is 4.24. The minimum Gasteiger partial charge on any atom is -0.356 e. The average Bonchev–Trinajstić information content (AvgIpc) is 3.20. The molecule has 2 bridgehead atoms. The molecule has 0 aromatic carbocycles. The molecular weight excluding hydrogens is 254 g/mol. The van der Waals surface area contributed by atoms with Gasteiger partial charge in [-0.3, -0.25) is 9.59 Å². The molecule has 3 aliphatic rings. The van der Waals surface area contributed by atoms with E-state index >= 15 is 0 Å². The zero-order valence-corrected chi connectivity index (χ0v) is 12.1. The van der Waals surface area contributed by atoms with Crippen LogP contribution in [0.25, 0.3) is 0 Å². The fourth-order valence-electron chi connectivity index (χ4n) is 3.27. The third kappa shape index (κ3) is 3.51. The molecule has 2 amide bonds. The maximum absolute atomic E-state index is 12.2. The van der Waals surface area contributed by atoms with Gasteiger partial charge < -0.3 is 15.5 Å². The maximum atomic E-state index is 12.2. The van der Waals surface area contributed by atoms with Crippen LogP contribution in [0.4, 0.5) is 0 Å². The summed E-state index contributed by atoms with van der Waals surface area (Å²) in [7, 11) is 0. The Bertz CT molecular complexity index is 381. The molecule has 0 radical (unpaired) electrons. The molecule has 3 rings (SSSR count). The predicted octanol–water partition coefficient (Wildman–Crippen LogP) is 0.646. The second-order valence-corrected chi connectivity index (χ2v) is 6.44. The maximum Gasteiger partial charge on any atom is 0.223 e. The van der Waals surface area contributed by atoms with Crippen LogP contribution in [0.15, 0.2) is 0 Å². The lowest BCUT2D eigenvalue weighted by Gasteiger charge is -2.24. The highest BCUT2D eigenvalue weighted by atomic mass is 16.2. The Morgan fingerprint density at radius 3 is 2.70 bits per heavy atom. The van der Waals surface area contributed by atoms with E-state index in [0.29, 0.717) is 25.0 Å². The van der Waals surface area contributed by atoms with Gasteiger partial charge in [0.15, 0.2) is 0 Å². The van der Waals surface area contributed by atoms with Crippen molar-refractivity contribution in [2.24, 2.45) is 5.92 Å². The first-order valence-corrected chi connectivity index (χ1v) is 8.04. The molecule has 112 valence electrons. The fourth-order valence-corrected chi connectivity index (χ4v) is 3.27. The van der Waals surface area contributed by atoms with E-state index in [0.717, 1.165) is 38.8 Å². The van der Waals surface area contributed by atoms with Gasteiger partial charge in [0.05, 0.1) is 0 Å². The van der Waals surface area contributed by atoms with Gasteiger partial charge in [0.25, 0.3) is 0 Å². The van der Waals surface area contributed by atoms with Crippen molar-refractivity contribution in [2.45, 2.75) is 57.0 Å². The fraction of sp³-hybridized carbons (Fsp3) is 0.867. The molecule has 0 spiro atoms. The van der Waals surface area contributed by atoms with Crippen LogP contribution in [0.5, 0.6) is 0 Å². The largest absolute Gasteiger partial charge is 0.356 e. The second-order valence-electron chi connectivity index (χ2n) is 6.44. The second kappa shape index (κ2) is 6.12. The first kappa shape index (κ1) is 13.9. The highest BCUT2D eigenvalue weighted by Gasteiger charge is 2.31. The number of nitrogens with zero attached hydrogens (tertiary/aromatic N) is 1. The van der Waals surface area contributed by atoms with E-state index < -0.39 is 0 Å². The molecule has 2 unspecified atom stereocenters. The lowest BCUT2D eigenvalue weighted by molar-refractivity contribution is -0.131. The summed E-state index contributed by atoms with van der Waals surface area (Å²) in [5.74, 6) is 0.687. The minimum atomic E-state index is 0.175. The summed E-state index contributed by atoms with van der Waals surface area (Å²) >= 11 is 0. The molecule has 1 aliphatic carbocycles. The van der Waals surface area contributed by atoms with Crippen molar-refractivity contribution >= 4 is 11.8 Å². The van der Waals surface area contributed by atoms with E-state index in [1.54, 1.807) is 0 Å². The quantitative estimate of drug-likeness (QED) is 0.726. The minimum absolute atomic E-state index is 0.175. The number of likely N-dealkylation sites (tertiary alicyclic amines) is 1. The first-order chi connectivity index (χ1) is 9.72. The lowest BCUT2D eigenvalue weighted by Crippen LogP contribution is -2.39. The number of carbonyl (C=O) groups is 2. The van der Waals surface area contributed by atoms with Crippen LogP contribution in [0.2, 0.25) is 0 Å². The van der Waals surface area contributed by atoms with Gasteiger partial charge >= 0.3 is 0 Å². The molecule has 2 N–H and O–H groups in total. The molecule has 2 atom stereocenters. The molecule has 0 aromatic heterocycles. The first-order valence-electron chi connectivity index (χ1n) is 8.04. The number of rotatable bonds is 5. The van der Waals surface area contributed by atoms with Crippen LogP contribution in [-0.2, 0) is 9.59 Å². The molecule has 5 heteroatoms. The summed E-state index contributed by atoms with van der Waals surface area (Å²) in [5, 5.41) is 6.51. The smallest absolute Gasteiger partial charge is 0.223 e. The molecule has 20 heavy (non-hydrogen) atoms. The third-order valence-corrected chi connectivity index (χ3v) is 4.69. The Morgan fingerprint density at radius 2 is 1.90 bits per heavy atom. The van der Waals surface area contributed by atoms with Crippen LogP contribution in [0.1, 0.15) is 44.9 Å². The predicted molar refractivity (Wildman–Crippen MR) is 76.1 cm³/mol. The van der Waals surface area contributed by atoms with Crippen LogP contribution in [0.3, 0.4) is 0 Å². The number of hydrogen-bond donors (Lipinski definition) is 2. The molecular formula is C15H25N3O2. The monoisotopic (exact) mass is 279 g/mol. The number of carbonyl (C=O) groups excluding carboxylic acids is 2. The van der Waals surface area contributed by atoms with E-state index in [1.165, 1.54) is 12.8 Å². The summed E-state index contributed by atoms with van der Waals surface area (Å²) in [5.41, 5.74) is 0. The van der Waals surface area contributed by atoms with E-state index in [4.69, 9.17) is 0 Å². The van der Waals surface area contributed by atoms with Gasteiger partial charge in [-0.05, 0) is 38.5 Å². The van der Waals surface area contributed by atoms with Crippen molar-refractivity contribution in [1.29, 1.82) is 0 Å². The van der Waals surface area contributed by atoms with Crippen LogP contribution in [0, 0.1) is 5.92 Å². The molecule has 0 aromatic rings. The zero-order valence-electron chi connectivity index (χ0n) is 12.1. The van der Waals surface area contributed by atoms with E-state index in [2.05, 4.69) is 10.6 Å². The third-order valence-electron chi connectivity index (χ3n) is 4.69. The number of hydrogen-bond acceptors (Lipinski definition) is 3. The summed E-state index contributed by atoms with van der Waals surface area (Å²) in [6.45, 7) is 2.39. The van der Waals surface area contributed by atoms with Crippen molar-refractivity contribution in [3.05, 3.63) is 0 Å². The average molecular weight is 279 g/mol. The highest BCUT2D eigenvalue weighted by molar-refractivity contribution is 5.81. The Labute approximate surface area is 120 Å². The van der Waals surface area contributed by atoms with Crippen LogP contribution in [-0.4, -0.2) is 48.4 Å². The Hall–Kier alpha value is -1.10. The highest BCUT2D eigenvalue weighted by Crippen LogP contribution is 2.28. The summed E-state index contributed by atoms with van der Waals surface area (Å²) < 4.78 is 0. The summed E-state index contributed by atoms with van der Waals surface area (Å²) in [6.07, 6.45) is 6.94. The lowest BCUT2D eigenvalue weighted by atomic mass is 10.1. The van der Waals surface area contributed by atoms with Gasteiger partial charge in [0.1, 0.15) is 0 Å². The van der Waals surface area contributed by atoms with E-state index in [9.17, 15) is 9.59 Å². The van der Waals surface area contributed by atoms with Crippen molar-refractivity contribution in [3.8, 4) is 0 Å². The topological polar surface area (TPSA) is 61.4 Å². The number of fused-ring (bicyclic) bond motifs is 2. The zero-order chi connectivity index (χ0) is 13.9. The van der Waals surface area contributed by atoms with Gasteiger partial charge in [0, 0.05) is 44.1 Å². The normalized spacial score (nSPS) is 29.1. The van der Waals surface area contributed by atoms with Gasteiger partial charge in [-0.2, -0.15) is 0 Å². The van der Waals surface area contributed by atoms with Crippen LogP contribution >= 0.6 is 0 Å². The van der Waals surface area contributed by atoms with E-state index in [-0.39, 0.29) is 17.7 Å².